The third-order valence-electron chi connectivity index (χ3n) is 2.80. The van der Waals surface area contributed by atoms with Crippen LogP contribution >= 0.6 is 0 Å². The Labute approximate surface area is 108 Å². The highest BCUT2D eigenvalue weighted by Gasteiger charge is 2.02. The van der Waals surface area contributed by atoms with Crippen LogP contribution in [0.1, 0.15) is 16.8 Å². The SMILES string of the molecule is CNCc1ccc(Oc2ccc(C)nc2)cc1C. The molecule has 0 saturated carbocycles. The summed E-state index contributed by atoms with van der Waals surface area (Å²) in [5, 5.41) is 3.15. The van der Waals surface area contributed by atoms with Gasteiger partial charge in [-0.3, -0.25) is 4.98 Å². The summed E-state index contributed by atoms with van der Waals surface area (Å²) >= 11 is 0. The van der Waals surface area contributed by atoms with Gasteiger partial charge in [-0.15, -0.1) is 0 Å². The van der Waals surface area contributed by atoms with Crippen molar-refractivity contribution in [2.24, 2.45) is 0 Å². The minimum Gasteiger partial charge on any atom is -0.456 e. The third kappa shape index (κ3) is 3.08. The molecule has 0 spiro atoms. The molecule has 1 heterocycles. The van der Waals surface area contributed by atoms with Gasteiger partial charge in [0.05, 0.1) is 6.20 Å². The van der Waals surface area contributed by atoms with E-state index in [0.29, 0.717) is 0 Å². The summed E-state index contributed by atoms with van der Waals surface area (Å²) in [5.74, 6) is 1.61. The zero-order valence-electron chi connectivity index (χ0n) is 11.0. The van der Waals surface area contributed by atoms with E-state index in [0.717, 1.165) is 23.7 Å². The highest BCUT2D eigenvalue weighted by molar-refractivity contribution is 5.37. The van der Waals surface area contributed by atoms with Gasteiger partial charge in [0.2, 0.25) is 0 Å². The summed E-state index contributed by atoms with van der Waals surface area (Å²) in [6.45, 7) is 4.92. The van der Waals surface area contributed by atoms with E-state index < -0.39 is 0 Å². The minimum absolute atomic E-state index is 0.765. The average molecular weight is 242 g/mol. The first-order valence-corrected chi connectivity index (χ1v) is 6.03. The van der Waals surface area contributed by atoms with E-state index in [-0.39, 0.29) is 0 Å². The zero-order chi connectivity index (χ0) is 13.0. The summed E-state index contributed by atoms with van der Waals surface area (Å²) in [6, 6.07) is 9.99. The Balaban J connectivity index is 2.14. The molecule has 3 nitrogen and oxygen atoms in total. The van der Waals surface area contributed by atoms with Gasteiger partial charge in [-0.25, -0.2) is 0 Å². The molecule has 2 rings (SSSR count). The topological polar surface area (TPSA) is 34.1 Å². The second-order valence-corrected chi connectivity index (χ2v) is 4.36. The smallest absolute Gasteiger partial charge is 0.145 e. The van der Waals surface area contributed by atoms with Crippen LogP contribution in [-0.4, -0.2) is 12.0 Å². The van der Waals surface area contributed by atoms with Gasteiger partial charge in [-0.2, -0.15) is 0 Å². The molecule has 2 aromatic rings. The molecule has 0 bridgehead atoms. The maximum Gasteiger partial charge on any atom is 0.145 e. The van der Waals surface area contributed by atoms with Gasteiger partial charge >= 0.3 is 0 Å². The Morgan fingerprint density at radius 1 is 1.11 bits per heavy atom. The molecule has 0 aliphatic carbocycles. The maximum absolute atomic E-state index is 5.76. The molecule has 1 aromatic carbocycles. The zero-order valence-corrected chi connectivity index (χ0v) is 11.0. The van der Waals surface area contributed by atoms with E-state index in [1.807, 2.05) is 38.2 Å². The summed E-state index contributed by atoms with van der Waals surface area (Å²) in [7, 11) is 1.95. The van der Waals surface area contributed by atoms with Gasteiger partial charge in [0.25, 0.3) is 0 Å². The van der Waals surface area contributed by atoms with Crippen LogP contribution < -0.4 is 10.1 Å². The van der Waals surface area contributed by atoms with E-state index in [9.17, 15) is 0 Å². The lowest BCUT2D eigenvalue weighted by Crippen LogP contribution is -2.06. The quantitative estimate of drug-likeness (QED) is 0.894. The van der Waals surface area contributed by atoms with Gasteiger partial charge in [0.1, 0.15) is 11.5 Å². The first-order chi connectivity index (χ1) is 8.69. The van der Waals surface area contributed by atoms with Crippen molar-refractivity contribution in [3.63, 3.8) is 0 Å². The first kappa shape index (κ1) is 12.6. The highest BCUT2D eigenvalue weighted by Crippen LogP contribution is 2.23. The van der Waals surface area contributed by atoms with Gasteiger partial charge in [0, 0.05) is 12.2 Å². The second-order valence-electron chi connectivity index (χ2n) is 4.36. The van der Waals surface area contributed by atoms with Crippen molar-refractivity contribution < 1.29 is 4.74 Å². The Kier molecular flexibility index (Phi) is 3.95. The normalized spacial score (nSPS) is 10.4. The summed E-state index contributed by atoms with van der Waals surface area (Å²) in [4.78, 5) is 4.21. The molecule has 0 fully saturated rings. The standard InChI is InChI=1S/C15H18N2O/c1-11-8-14(7-5-13(11)9-16-3)18-15-6-4-12(2)17-10-15/h4-8,10,16H,9H2,1-3H3. The lowest BCUT2D eigenvalue weighted by atomic mass is 10.1. The number of ether oxygens (including phenoxy) is 1. The monoisotopic (exact) mass is 242 g/mol. The van der Waals surface area contributed by atoms with E-state index in [4.69, 9.17) is 4.74 Å². The Morgan fingerprint density at radius 3 is 2.50 bits per heavy atom. The minimum atomic E-state index is 0.765. The van der Waals surface area contributed by atoms with Gasteiger partial charge in [-0.05, 0) is 56.3 Å². The molecule has 3 heteroatoms. The van der Waals surface area contributed by atoms with Crippen LogP contribution in [0, 0.1) is 13.8 Å². The number of nitrogens with one attached hydrogen (secondary N) is 1. The Morgan fingerprint density at radius 2 is 1.89 bits per heavy atom. The predicted octanol–water partition coefficient (Wildman–Crippen LogP) is 3.21. The largest absolute Gasteiger partial charge is 0.456 e. The van der Waals surface area contributed by atoms with Crippen LogP contribution in [-0.2, 0) is 6.54 Å². The number of nitrogens with zero attached hydrogens (tertiary/aromatic N) is 1. The predicted molar refractivity (Wildman–Crippen MR) is 73.0 cm³/mol. The molecule has 0 amide bonds. The fourth-order valence-corrected chi connectivity index (χ4v) is 1.77. The lowest BCUT2D eigenvalue weighted by molar-refractivity contribution is 0.479. The molecule has 1 aromatic heterocycles. The Bertz CT molecular complexity index is 521. The van der Waals surface area contributed by atoms with Crippen LogP contribution in [0.5, 0.6) is 11.5 Å². The van der Waals surface area contributed by atoms with Crippen LogP contribution in [0.25, 0.3) is 0 Å². The fraction of sp³-hybridized carbons (Fsp3) is 0.267. The third-order valence-corrected chi connectivity index (χ3v) is 2.80. The van der Waals surface area contributed by atoms with Crippen molar-refractivity contribution in [1.29, 1.82) is 0 Å². The number of hydrogen-bond donors (Lipinski definition) is 1. The molecular formula is C15H18N2O. The number of aromatic nitrogens is 1. The number of hydrogen-bond acceptors (Lipinski definition) is 3. The lowest BCUT2D eigenvalue weighted by Gasteiger charge is -2.09. The number of aryl methyl sites for hydroxylation is 2. The van der Waals surface area contributed by atoms with Gasteiger partial charge in [-0.1, -0.05) is 6.07 Å². The fourth-order valence-electron chi connectivity index (χ4n) is 1.77. The molecule has 0 unspecified atom stereocenters. The molecule has 0 aliphatic heterocycles. The molecule has 0 radical (unpaired) electrons. The molecular weight excluding hydrogens is 224 g/mol. The van der Waals surface area contributed by atoms with Crippen molar-refractivity contribution in [1.82, 2.24) is 10.3 Å². The van der Waals surface area contributed by atoms with Crippen molar-refractivity contribution in [2.45, 2.75) is 20.4 Å². The second kappa shape index (κ2) is 5.65. The number of benzene rings is 1. The van der Waals surface area contributed by atoms with Crippen molar-refractivity contribution in [3.05, 3.63) is 53.3 Å². The van der Waals surface area contributed by atoms with Gasteiger partial charge in [0.15, 0.2) is 0 Å². The van der Waals surface area contributed by atoms with Crippen molar-refractivity contribution in [3.8, 4) is 11.5 Å². The highest BCUT2D eigenvalue weighted by atomic mass is 16.5. The van der Waals surface area contributed by atoms with E-state index in [1.165, 1.54) is 11.1 Å². The van der Waals surface area contributed by atoms with Crippen LogP contribution in [0.3, 0.4) is 0 Å². The average Bonchev–Trinajstić information content (AvgIpc) is 2.36. The van der Waals surface area contributed by atoms with E-state index >= 15 is 0 Å². The van der Waals surface area contributed by atoms with Gasteiger partial charge < -0.3 is 10.1 Å². The molecule has 0 atom stereocenters. The maximum atomic E-state index is 5.76. The van der Waals surface area contributed by atoms with Crippen LogP contribution in [0.4, 0.5) is 0 Å². The first-order valence-electron chi connectivity index (χ1n) is 6.03. The van der Waals surface area contributed by atoms with E-state index in [1.54, 1.807) is 6.20 Å². The summed E-state index contributed by atoms with van der Waals surface area (Å²) < 4.78 is 5.76. The number of rotatable bonds is 4. The summed E-state index contributed by atoms with van der Waals surface area (Å²) in [6.07, 6.45) is 1.74. The molecule has 94 valence electrons. The van der Waals surface area contributed by atoms with Crippen LogP contribution in [0.15, 0.2) is 36.5 Å². The van der Waals surface area contributed by atoms with Crippen molar-refractivity contribution >= 4 is 0 Å². The molecule has 18 heavy (non-hydrogen) atoms. The number of pyridine rings is 1. The molecule has 0 aliphatic rings. The van der Waals surface area contributed by atoms with Crippen LogP contribution in [0.2, 0.25) is 0 Å². The molecule has 0 saturated heterocycles. The molecule has 1 N–H and O–H groups in total. The van der Waals surface area contributed by atoms with Crippen molar-refractivity contribution in [2.75, 3.05) is 7.05 Å². The summed E-state index contributed by atoms with van der Waals surface area (Å²) in [5.41, 5.74) is 3.50. The Hall–Kier alpha value is -1.87. The van der Waals surface area contributed by atoms with E-state index in [2.05, 4.69) is 23.3 Å².